The molecule has 6 heteroatoms. The Morgan fingerprint density at radius 2 is 1.79 bits per heavy atom. The Bertz CT molecular complexity index is 717. The molecule has 0 saturated carbocycles. The summed E-state index contributed by atoms with van der Waals surface area (Å²) in [6.45, 7) is 4.76. The molecule has 24 heavy (non-hydrogen) atoms. The molecule has 1 aliphatic rings. The Morgan fingerprint density at radius 1 is 1.12 bits per heavy atom. The maximum Gasteiger partial charge on any atom is 0.229 e. The fourth-order valence-corrected chi connectivity index (χ4v) is 3.22. The van der Waals surface area contributed by atoms with E-state index >= 15 is 0 Å². The van der Waals surface area contributed by atoms with Crippen LogP contribution in [0, 0.1) is 17.7 Å². The molecule has 0 aromatic heterocycles. The molecule has 0 aliphatic carbocycles. The van der Waals surface area contributed by atoms with Gasteiger partial charge in [-0.2, -0.15) is 8.42 Å². The fraction of sp³-hybridized carbons (Fsp3) is 0.500. The summed E-state index contributed by atoms with van der Waals surface area (Å²) >= 11 is 0. The summed E-state index contributed by atoms with van der Waals surface area (Å²) in [5.74, 6) is 5.75. The average Bonchev–Trinajstić information content (AvgIpc) is 2.59. The normalized spacial score (nSPS) is 14.8. The van der Waals surface area contributed by atoms with E-state index in [0.717, 1.165) is 24.9 Å². The van der Waals surface area contributed by atoms with E-state index in [2.05, 4.69) is 23.7 Å². The van der Waals surface area contributed by atoms with E-state index in [1.54, 1.807) is 12.1 Å². The van der Waals surface area contributed by atoms with Gasteiger partial charge in [0.15, 0.2) is 0 Å². The molecular formula is C18H23FN2O2S. The minimum atomic E-state index is -2.24. The highest BCUT2D eigenvalue weighted by Gasteiger charge is 2.21. The van der Waals surface area contributed by atoms with Gasteiger partial charge in [0, 0.05) is 38.3 Å². The number of hydrogen-bond donors (Lipinski definition) is 0. The second kappa shape index (κ2) is 9.45. The van der Waals surface area contributed by atoms with Crippen molar-refractivity contribution in [2.75, 3.05) is 31.1 Å². The maximum atomic E-state index is 13.0. The van der Waals surface area contributed by atoms with Crippen molar-refractivity contribution in [3.8, 4) is 11.8 Å². The van der Waals surface area contributed by atoms with Gasteiger partial charge in [0.2, 0.25) is 10.3 Å². The van der Waals surface area contributed by atoms with E-state index in [9.17, 15) is 12.8 Å². The number of hydrogen-bond acceptors (Lipinski definition) is 3. The molecule has 0 spiro atoms. The molecule has 0 unspecified atom stereocenters. The van der Waals surface area contributed by atoms with E-state index < -0.39 is 10.3 Å². The molecule has 1 fully saturated rings. The zero-order chi connectivity index (χ0) is 17.4. The van der Waals surface area contributed by atoms with Gasteiger partial charge >= 0.3 is 0 Å². The molecule has 0 amide bonds. The van der Waals surface area contributed by atoms with Gasteiger partial charge in [-0.25, -0.2) is 4.39 Å². The highest BCUT2D eigenvalue weighted by atomic mass is 32.2. The van der Waals surface area contributed by atoms with Gasteiger partial charge in [0.05, 0.1) is 6.42 Å². The van der Waals surface area contributed by atoms with Gasteiger partial charge in [0.25, 0.3) is 0 Å². The summed E-state index contributed by atoms with van der Waals surface area (Å²) in [5, 5.41) is 0. The molecule has 1 aromatic carbocycles. The van der Waals surface area contributed by atoms with Crippen LogP contribution >= 0.6 is 0 Å². The van der Waals surface area contributed by atoms with Crippen LogP contribution in [0.2, 0.25) is 0 Å². The summed E-state index contributed by atoms with van der Waals surface area (Å²) in [4.78, 5) is 4.39. The summed E-state index contributed by atoms with van der Waals surface area (Å²) in [7, 11) is -2.24. The molecular weight excluding hydrogens is 327 g/mol. The van der Waals surface area contributed by atoms with Crippen molar-refractivity contribution < 1.29 is 12.8 Å². The van der Waals surface area contributed by atoms with Gasteiger partial charge in [-0.3, -0.25) is 4.90 Å². The number of unbranched alkanes of at least 4 members (excludes halogenated alkanes) is 2. The molecule has 1 aliphatic heterocycles. The molecule has 0 radical (unpaired) electrons. The fourth-order valence-electron chi connectivity index (χ4n) is 2.63. The Hall–Kier alpha value is -1.84. The first-order valence-corrected chi connectivity index (χ1v) is 9.35. The highest BCUT2D eigenvalue weighted by Crippen LogP contribution is 2.17. The Balaban J connectivity index is 1.94. The zero-order valence-electron chi connectivity index (χ0n) is 14.0. The molecule has 130 valence electrons. The van der Waals surface area contributed by atoms with Crippen LogP contribution in [-0.4, -0.2) is 44.5 Å². The lowest BCUT2D eigenvalue weighted by Gasteiger charge is -2.35. The first kappa shape index (κ1) is 18.5. The molecule has 1 saturated heterocycles. The predicted molar refractivity (Wildman–Crippen MR) is 96.0 cm³/mol. The second-order valence-corrected chi connectivity index (χ2v) is 6.65. The highest BCUT2D eigenvalue weighted by molar-refractivity contribution is 7.72. The molecule has 4 nitrogen and oxygen atoms in total. The van der Waals surface area contributed by atoms with Crippen molar-refractivity contribution in [3.05, 3.63) is 30.1 Å². The van der Waals surface area contributed by atoms with E-state index in [1.807, 2.05) is 4.90 Å². The van der Waals surface area contributed by atoms with Crippen LogP contribution in [0.5, 0.6) is 0 Å². The van der Waals surface area contributed by atoms with E-state index in [4.69, 9.17) is 0 Å². The lowest BCUT2D eigenvalue weighted by atomic mass is 10.2. The van der Waals surface area contributed by atoms with Crippen molar-refractivity contribution in [1.82, 2.24) is 4.90 Å². The minimum Gasteiger partial charge on any atom is -0.369 e. The number of halogens is 1. The topological polar surface area (TPSA) is 40.6 Å². The average molecular weight is 350 g/mol. The van der Waals surface area contributed by atoms with Crippen LogP contribution in [0.1, 0.15) is 32.6 Å². The minimum absolute atomic E-state index is 0.253. The molecule has 2 rings (SSSR count). The number of rotatable bonds is 4. The lowest BCUT2D eigenvalue weighted by molar-refractivity contribution is 0.386. The Kier molecular flexibility index (Phi) is 7.29. The predicted octanol–water partition coefficient (Wildman–Crippen LogP) is 2.54. The first-order chi connectivity index (χ1) is 11.6. The van der Waals surface area contributed by atoms with Gasteiger partial charge in [0.1, 0.15) is 10.8 Å². The number of nitrogens with zero attached hydrogens (tertiary/aromatic N) is 2. The number of anilines is 1. The van der Waals surface area contributed by atoms with E-state index in [-0.39, 0.29) is 12.2 Å². The van der Waals surface area contributed by atoms with Crippen molar-refractivity contribution in [2.45, 2.75) is 32.6 Å². The third-order valence-corrected chi connectivity index (χ3v) is 4.82. The van der Waals surface area contributed by atoms with Gasteiger partial charge in [-0.15, -0.1) is 5.92 Å². The van der Waals surface area contributed by atoms with Crippen LogP contribution < -0.4 is 4.90 Å². The van der Waals surface area contributed by atoms with Crippen LogP contribution in [-0.2, 0) is 10.3 Å². The largest absolute Gasteiger partial charge is 0.369 e. The Morgan fingerprint density at radius 3 is 2.38 bits per heavy atom. The summed E-state index contributed by atoms with van der Waals surface area (Å²) in [6.07, 6.45) is 3.22. The quantitative estimate of drug-likeness (QED) is 0.475. The van der Waals surface area contributed by atoms with E-state index in [1.165, 1.54) is 12.1 Å². The molecule has 0 bridgehead atoms. The van der Waals surface area contributed by atoms with Crippen molar-refractivity contribution in [2.24, 2.45) is 0 Å². The van der Waals surface area contributed by atoms with Crippen molar-refractivity contribution >= 4 is 21.0 Å². The number of piperazine rings is 1. The van der Waals surface area contributed by atoms with Gasteiger partial charge in [-0.05, 0) is 30.7 Å². The lowest BCUT2D eigenvalue weighted by Crippen LogP contribution is -2.49. The van der Waals surface area contributed by atoms with Crippen LogP contribution in [0.15, 0.2) is 24.3 Å². The summed E-state index contributed by atoms with van der Waals surface area (Å²) in [6, 6.07) is 6.39. The SMILES string of the molecule is CCCCC#CCC(N1CCN(c2ccc(F)cc2)CC1)=S(=O)=O. The van der Waals surface area contributed by atoms with Gasteiger partial charge < -0.3 is 4.90 Å². The van der Waals surface area contributed by atoms with Gasteiger partial charge in [-0.1, -0.05) is 19.3 Å². The van der Waals surface area contributed by atoms with Crippen LogP contribution in [0.3, 0.4) is 0 Å². The molecule has 1 heterocycles. The smallest absolute Gasteiger partial charge is 0.229 e. The molecule has 0 atom stereocenters. The zero-order valence-corrected chi connectivity index (χ0v) is 14.8. The number of benzene rings is 1. The van der Waals surface area contributed by atoms with Crippen LogP contribution in [0.25, 0.3) is 0 Å². The van der Waals surface area contributed by atoms with Crippen molar-refractivity contribution in [1.29, 1.82) is 0 Å². The molecule has 0 N–H and O–H groups in total. The van der Waals surface area contributed by atoms with Crippen LogP contribution in [0.4, 0.5) is 10.1 Å². The third-order valence-electron chi connectivity index (χ3n) is 4.04. The summed E-state index contributed by atoms with van der Waals surface area (Å²) in [5.41, 5.74) is 0.959. The molecule has 1 aromatic rings. The third kappa shape index (κ3) is 5.36. The summed E-state index contributed by atoms with van der Waals surface area (Å²) < 4.78 is 36.0. The Labute approximate surface area is 144 Å². The second-order valence-electron chi connectivity index (χ2n) is 5.71. The monoisotopic (exact) mass is 350 g/mol. The maximum absolute atomic E-state index is 13.0. The van der Waals surface area contributed by atoms with E-state index in [0.29, 0.717) is 31.2 Å². The standard InChI is InChI=1S/C18H23FN2O2S/c1-2-3-4-5-6-7-18(24(22)23)21-14-12-20(13-15-21)17-10-8-16(19)9-11-17/h8-11H,2-4,7,12-15H2,1H3. The first-order valence-electron chi connectivity index (χ1n) is 8.28. The van der Waals surface area contributed by atoms with Crippen molar-refractivity contribution in [3.63, 3.8) is 0 Å².